The number of piperazine rings is 1. The predicted molar refractivity (Wildman–Crippen MR) is 111 cm³/mol. The van der Waals surface area contributed by atoms with Gasteiger partial charge in [0.25, 0.3) is 0 Å². The summed E-state index contributed by atoms with van der Waals surface area (Å²) in [5.74, 6) is 0.764. The molecule has 2 aromatic rings. The number of amides is 3. The summed E-state index contributed by atoms with van der Waals surface area (Å²) < 4.78 is 5.63. The third-order valence-electron chi connectivity index (χ3n) is 4.41. The fraction of sp³-hybridized carbons (Fsp3) is 0.333. The van der Waals surface area contributed by atoms with Crippen molar-refractivity contribution in [2.75, 3.05) is 41.8 Å². The van der Waals surface area contributed by atoms with E-state index in [0.717, 1.165) is 24.3 Å². The van der Waals surface area contributed by atoms with Crippen molar-refractivity contribution in [2.45, 2.75) is 19.8 Å². The van der Waals surface area contributed by atoms with Crippen LogP contribution in [0, 0.1) is 0 Å². The Morgan fingerprint density at radius 2 is 1.93 bits per heavy atom. The zero-order valence-corrected chi connectivity index (χ0v) is 16.0. The molecule has 0 atom stereocenters. The standard InChI is InChI=1S/C21H26N4O3/c1-2-3-14-28-17-10-8-16(9-11-17)23-21(27)24-18-6-4-5-7-19(18)25-13-12-22-20(26)15-25/h4-11H,2-3,12-15H2,1H3,(H,22,26)(H2,23,24,27). The van der Waals surface area contributed by atoms with Gasteiger partial charge in [0.2, 0.25) is 5.91 Å². The second-order valence-electron chi connectivity index (χ2n) is 6.59. The van der Waals surface area contributed by atoms with Crippen molar-refractivity contribution < 1.29 is 14.3 Å². The van der Waals surface area contributed by atoms with Gasteiger partial charge in [-0.3, -0.25) is 4.79 Å². The summed E-state index contributed by atoms with van der Waals surface area (Å²) in [4.78, 5) is 26.1. The Kier molecular flexibility index (Phi) is 6.73. The number of hydrogen-bond acceptors (Lipinski definition) is 4. The van der Waals surface area contributed by atoms with Gasteiger partial charge in [-0.05, 0) is 42.8 Å². The molecule has 2 aromatic carbocycles. The summed E-state index contributed by atoms with van der Waals surface area (Å²) in [7, 11) is 0. The summed E-state index contributed by atoms with van der Waals surface area (Å²) in [6.07, 6.45) is 2.10. The highest BCUT2D eigenvalue weighted by atomic mass is 16.5. The van der Waals surface area contributed by atoms with Gasteiger partial charge in [0.05, 0.1) is 24.5 Å². The molecule has 3 amide bonds. The van der Waals surface area contributed by atoms with Gasteiger partial charge in [0.1, 0.15) is 5.75 Å². The molecule has 3 rings (SSSR count). The van der Waals surface area contributed by atoms with Crippen molar-refractivity contribution in [2.24, 2.45) is 0 Å². The predicted octanol–water partition coefficient (Wildman–Crippen LogP) is 3.45. The normalized spacial score (nSPS) is 13.6. The molecule has 0 aliphatic carbocycles. The molecule has 0 bridgehead atoms. The van der Waals surface area contributed by atoms with Gasteiger partial charge in [0.15, 0.2) is 0 Å². The average Bonchev–Trinajstić information content (AvgIpc) is 2.70. The molecule has 0 radical (unpaired) electrons. The van der Waals surface area contributed by atoms with E-state index in [1.165, 1.54) is 0 Å². The number of urea groups is 1. The Labute approximate surface area is 165 Å². The van der Waals surface area contributed by atoms with Crippen LogP contribution in [0.3, 0.4) is 0 Å². The van der Waals surface area contributed by atoms with Crippen molar-refractivity contribution in [1.29, 1.82) is 0 Å². The molecule has 1 heterocycles. The molecule has 7 heteroatoms. The second kappa shape index (κ2) is 9.64. The maximum absolute atomic E-state index is 12.4. The summed E-state index contributed by atoms with van der Waals surface area (Å²) in [6, 6.07) is 14.4. The molecular weight excluding hydrogens is 356 g/mol. The highest BCUT2D eigenvalue weighted by Gasteiger charge is 2.19. The van der Waals surface area contributed by atoms with E-state index in [0.29, 0.717) is 31.1 Å². The van der Waals surface area contributed by atoms with Gasteiger partial charge in [-0.25, -0.2) is 4.79 Å². The van der Waals surface area contributed by atoms with Gasteiger partial charge < -0.3 is 25.6 Å². The summed E-state index contributed by atoms with van der Waals surface area (Å²) in [6.45, 7) is 4.37. The van der Waals surface area contributed by atoms with Crippen LogP contribution in [-0.4, -0.2) is 38.2 Å². The number of rotatable bonds is 7. The lowest BCUT2D eigenvalue weighted by Gasteiger charge is -2.30. The molecule has 0 unspecified atom stereocenters. The second-order valence-corrected chi connectivity index (χ2v) is 6.59. The highest BCUT2D eigenvalue weighted by molar-refractivity contribution is 6.02. The Balaban J connectivity index is 1.60. The molecule has 0 saturated carbocycles. The zero-order chi connectivity index (χ0) is 19.8. The van der Waals surface area contributed by atoms with E-state index in [1.54, 1.807) is 0 Å². The third kappa shape index (κ3) is 5.39. The first kappa shape index (κ1) is 19.5. The van der Waals surface area contributed by atoms with Crippen LogP contribution >= 0.6 is 0 Å². The number of ether oxygens (including phenoxy) is 1. The summed E-state index contributed by atoms with van der Waals surface area (Å²) in [5.41, 5.74) is 2.16. The minimum absolute atomic E-state index is 0.0215. The first-order valence-corrected chi connectivity index (χ1v) is 9.57. The highest BCUT2D eigenvalue weighted by Crippen LogP contribution is 2.26. The third-order valence-corrected chi connectivity index (χ3v) is 4.41. The van der Waals surface area contributed by atoms with Gasteiger partial charge in [-0.2, -0.15) is 0 Å². The van der Waals surface area contributed by atoms with Crippen LogP contribution in [0.2, 0.25) is 0 Å². The van der Waals surface area contributed by atoms with Crippen LogP contribution in [-0.2, 0) is 4.79 Å². The molecular formula is C21H26N4O3. The van der Waals surface area contributed by atoms with Crippen LogP contribution in [0.15, 0.2) is 48.5 Å². The molecule has 3 N–H and O–H groups in total. The molecule has 1 aliphatic heterocycles. The Bertz CT molecular complexity index is 808. The van der Waals surface area contributed by atoms with Crippen LogP contribution in [0.1, 0.15) is 19.8 Å². The molecule has 148 valence electrons. The number of hydrogen-bond donors (Lipinski definition) is 3. The van der Waals surface area contributed by atoms with E-state index in [9.17, 15) is 9.59 Å². The fourth-order valence-electron chi connectivity index (χ4n) is 2.95. The maximum atomic E-state index is 12.4. The van der Waals surface area contributed by atoms with Crippen molar-refractivity contribution in [3.8, 4) is 5.75 Å². The van der Waals surface area contributed by atoms with E-state index in [-0.39, 0.29) is 18.5 Å². The van der Waals surface area contributed by atoms with Crippen LogP contribution in [0.4, 0.5) is 21.9 Å². The number of para-hydroxylation sites is 2. The Morgan fingerprint density at radius 1 is 1.14 bits per heavy atom. The summed E-state index contributed by atoms with van der Waals surface area (Å²) >= 11 is 0. The Morgan fingerprint density at radius 3 is 2.68 bits per heavy atom. The van der Waals surface area contributed by atoms with Gasteiger partial charge in [0, 0.05) is 18.8 Å². The van der Waals surface area contributed by atoms with Gasteiger partial charge >= 0.3 is 6.03 Å². The summed E-state index contributed by atoms with van der Waals surface area (Å²) in [5, 5.41) is 8.50. The molecule has 0 spiro atoms. The van der Waals surface area contributed by atoms with Gasteiger partial charge in [-0.1, -0.05) is 25.5 Å². The quantitative estimate of drug-likeness (QED) is 0.641. The SMILES string of the molecule is CCCCOc1ccc(NC(=O)Nc2ccccc2N2CCNC(=O)C2)cc1. The monoisotopic (exact) mass is 382 g/mol. The lowest BCUT2D eigenvalue weighted by Crippen LogP contribution is -2.48. The first-order chi connectivity index (χ1) is 13.7. The van der Waals surface area contributed by atoms with Crippen LogP contribution in [0.25, 0.3) is 0 Å². The largest absolute Gasteiger partial charge is 0.494 e. The molecule has 28 heavy (non-hydrogen) atoms. The smallest absolute Gasteiger partial charge is 0.323 e. The molecule has 1 aliphatic rings. The number of carbonyl (C=O) groups is 2. The molecule has 1 fully saturated rings. The minimum atomic E-state index is -0.339. The number of nitrogens with zero attached hydrogens (tertiary/aromatic N) is 1. The molecule has 1 saturated heterocycles. The van der Waals surface area contributed by atoms with Gasteiger partial charge in [-0.15, -0.1) is 0 Å². The average molecular weight is 382 g/mol. The van der Waals surface area contributed by atoms with Crippen molar-refractivity contribution in [3.05, 3.63) is 48.5 Å². The van der Waals surface area contributed by atoms with Crippen molar-refractivity contribution in [3.63, 3.8) is 0 Å². The number of anilines is 3. The lowest BCUT2D eigenvalue weighted by molar-refractivity contribution is -0.120. The minimum Gasteiger partial charge on any atom is -0.494 e. The van der Waals surface area contributed by atoms with Crippen molar-refractivity contribution >= 4 is 29.0 Å². The lowest BCUT2D eigenvalue weighted by atomic mass is 10.2. The molecule has 0 aromatic heterocycles. The number of unbranched alkanes of at least 4 members (excludes halogenated alkanes) is 1. The number of carbonyl (C=O) groups excluding carboxylic acids is 2. The molecule has 7 nitrogen and oxygen atoms in total. The van der Waals surface area contributed by atoms with E-state index in [1.807, 2.05) is 53.4 Å². The maximum Gasteiger partial charge on any atom is 0.323 e. The number of nitrogens with one attached hydrogen (secondary N) is 3. The van der Waals surface area contributed by atoms with E-state index in [2.05, 4.69) is 22.9 Å². The Hall–Kier alpha value is -3.22. The number of benzene rings is 2. The zero-order valence-electron chi connectivity index (χ0n) is 16.0. The van der Waals surface area contributed by atoms with E-state index >= 15 is 0 Å². The van der Waals surface area contributed by atoms with E-state index in [4.69, 9.17) is 4.74 Å². The van der Waals surface area contributed by atoms with Crippen LogP contribution < -0.4 is 25.6 Å². The van der Waals surface area contributed by atoms with Crippen molar-refractivity contribution in [1.82, 2.24) is 5.32 Å². The van der Waals surface area contributed by atoms with E-state index < -0.39 is 0 Å². The fourth-order valence-corrected chi connectivity index (χ4v) is 2.95. The van der Waals surface area contributed by atoms with Crippen LogP contribution in [0.5, 0.6) is 5.75 Å². The first-order valence-electron chi connectivity index (χ1n) is 9.57. The topological polar surface area (TPSA) is 82.7 Å².